The highest BCUT2D eigenvalue weighted by Gasteiger charge is 2.41. The lowest BCUT2D eigenvalue weighted by Gasteiger charge is -2.33. The van der Waals surface area contributed by atoms with Crippen molar-refractivity contribution in [3.8, 4) is 0 Å². The molecule has 2 amide bonds. The second-order valence-electron chi connectivity index (χ2n) is 18.4. The van der Waals surface area contributed by atoms with Crippen molar-refractivity contribution in [3.63, 3.8) is 0 Å². The molecule has 4 aromatic rings. The molecule has 2 saturated heterocycles. The number of rotatable bonds is 12. The first-order chi connectivity index (χ1) is 32.4. The molecule has 3 N–H and O–H groups in total. The number of carbonyl (C=O) groups excluding carboxylic acids is 2. The highest BCUT2D eigenvalue weighted by molar-refractivity contribution is 5.78. The fraction of sp³-hybridized carbons (Fsp3) is 0.480. The van der Waals surface area contributed by atoms with Crippen molar-refractivity contribution < 1.29 is 71.1 Å². The smallest absolute Gasteiger partial charge is 0.347 e. The predicted octanol–water partition coefficient (Wildman–Crippen LogP) is 12.9. The van der Waals surface area contributed by atoms with Gasteiger partial charge in [0.05, 0.1) is 33.8 Å². The van der Waals surface area contributed by atoms with Crippen LogP contribution in [0.3, 0.4) is 0 Å². The SMILES string of the molecule is CC(C)(NC(=O)CC(c1ccc(F)cc1)C1CCNCC1)c1cc(C(F)(F)F)cc(C(F)(F)F)c1.CC(c1cc(C(F)(F)F)cc(C(F)(F)F)c1)N(C)C(=O)CC(c1ccc(F)cc1)C1CCNCC1. The molecule has 6 rings (SSSR count). The minimum atomic E-state index is -4.99. The van der Waals surface area contributed by atoms with Crippen molar-refractivity contribution in [1.82, 2.24) is 20.9 Å². The first-order valence-corrected chi connectivity index (χ1v) is 22.5. The summed E-state index contributed by atoms with van der Waals surface area (Å²) in [6.07, 6.45) is -16.8. The summed E-state index contributed by atoms with van der Waals surface area (Å²) in [7, 11) is 1.37. The molecule has 4 aromatic carbocycles. The van der Waals surface area contributed by atoms with Crippen LogP contribution in [0, 0.1) is 23.5 Å². The van der Waals surface area contributed by atoms with E-state index < -0.39 is 82.0 Å². The molecule has 3 atom stereocenters. The van der Waals surface area contributed by atoms with Crippen LogP contribution in [-0.4, -0.2) is 49.9 Å². The summed E-state index contributed by atoms with van der Waals surface area (Å²) >= 11 is 0. The van der Waals surface area contributed by atoms with E-state index in [4.69, 9.17) is 0 Å². The summed E-state index contributed by atoms with van der Waals surface area (Å²) < 4.78 is 186. The highest BCUT2D eigenvalue weighted by atomic mass is 19.4. The molecule has 0 aromatic heterocycles. The molecule has 2 heterocycles. The van der Waals surface area contributed by atoms with Gasteiger partial charge in [0.2, 0.25) is 11.8 Å². The average Bonchev–Trinajstić information content (AvgIpc) is 3.29. The quantitative estimate of drug-likeness (QED) is 0.124. The third-order valence-corrected chi connectivity index (χ3v) is 13.1. The molecule has 2 aliphatic heterocycles. The van der Waals surface area contributed by atoms with Crippen LogP contribution in [0.2, 0.25) is 0 Å². The van der Waals surface area contributed by atoms with Gasteiger partial charge in [0.15, 0.2) is 0 Å². The Morgan fingerprint density at radius 1 is 0.543 bits per heavy atom. The Morgan fingerprint density at radius 2 is 0.871 bits per heavy atom. The third-order valence-electron chi connectivity index (χ3n) is 13.1. The van der Waals surface area contributed by atoms with Crippen molar-refractivity contribution in [2.45, 2.75) is 107 Å². The Hall–Kier alpha value is -5.24. The zero-order valence-corrected chi connectivity index (χ0v) is 38.6. The standard InChI is InChI=1S/2C25H27F7N2O/c1-23(2,17-11-18(24(27,28)29)13-19(12-17)25(30,31)32)34-22(35)14-21(16-7-9-33-10-8-16)15-3-5-20(26)6-4-15;1-15(18-11-19(24(27,28)29)13-20(12-18)25(30,31)32)34(2)23(35)14-22(17-7-9-33-10-8-17)16-3-5-21(26)6-4-16/h3-6,11-13,16,21,33H,7-10,14H2,1-2H3,(H,34,35);3-6,11-13,15,17,22,33H,7-10,14H2,1-2H3. The molecule has 0 spiro atoms. The van der Waals surface area contributed by atoms with Gasteiger partial charge in [-0.15, -0.1) is 0 Å². The number of benzene rings is 4. The van der Waals surface area contributed by atoms with E-state index in [2.05, 4.69) is 16.0 Å². The van der Waals surface area contributed by atoms with E-state index in [9.17, 15) is 71.1 Å². The first-order valence-electron chi connectivity index (χ1n) is 22.5. The Labute approximate surface area is 396 Å². The summed E-state index contributed by atoms with van der Waals surface area (Å²) in [6, 6.07) is 13.3. The van der Waals surface area contributed by atoms with Gasteiger partial charge >= 0.3 is 24.7 Å². The van der Waals surface area contributed by atoms with Crippen LogP contribution >= 0.6 is 0 Å². The summed E-state index contributed by atoms with van der Waals surface area (Å²) in [5, 5.41) is 9.09. The number of nitrogens with one attached hydrogen (secondary N) is 3. The number of amides is 2. The molecule has 384 valence electrons. The number of carbonyl (C=O) groups is 2. The highest BCUT2D eigenvalue weighted by Crippen LogP contribution is 2.42. The van der Waals surface area contributed by atoms with Crippen molar-refractivity contribution in [2.24, 2.45) is 11.8 Å². The van der Waals surface area contributed by atoms with E-state index in [1.165, 1.54) is 57.0 Å². The molecule has 0 aliphatic carbocycles. The monoisotopic (exact) mass is 1010 g/mol. The lowest BCUT2D eigenvalue weighted by Crippen LogP contribution is -2.42. The van der Waals surface area contributed by atoms with Crippen molar-refractivity contribution in [2.75, 3.05) is 33.2 Å². The van der Waals surface area contributed by atoms with Gasteiger partial charge in [-0.25, -0.2) is 8.78 Å². The third kappa shape index (κ3) is 15.1. The molecule has 0 radical (unpaired) electrons. The molecule has 0 saturated carbocycles. The number of alkyl halides is 12. The van der Waals surface area contributed by atoms with Crippen LogP contribution in [0.25, 0.3) is 0 Å². The Kier molecular flexibility index (Phi) is 17.9. The van der Waals surface area contributed by atoms with Gasteiger partial charge in [0, 0.05) is 19.9 Å². The van der Waals surface area contributed by atoms with Gasteiger partial charge in [0.25, 0.3) is 0 Å². The van der Waals surface area contributed by atoms with Crippen molar-refractivity contribution >= 4 is 11.8 Å². The molecule has 6 nitrogen and oxygen atoms in total. The van der Waals surface area contributed by atoms with E-state index in [0.29, 0.717) is 24.3 Å². The molecular weight excluding hydrogens is 955 g/mol. The molecular formula is C50H54F14N4O2. The summed E-state index contributed by atoms with van der Waals surface area (Å²) in [6.45, 7) is 7.13. The number of nitrogens with zero attached hydrogens (tertiary/aromatic N) is 1. The summed E-state index contributed by atoms with van der Waals surface area (Å²) in [4.78, 5) is 27.4. The maximum absolute atomic E-state index is 13.5. The summed E-state index contributed by atoms with van der Waals surface area (Å²) in [5.74, 6) is -2.08. The molecule has 0 bridgehead atoms. The number of piperidine rings is 2. The van der Waals surface area contributed by atoms with Gasteiger partial charge in [-0.05, 0) is 179 Å². The van der Waals surface area contributed by atoms with Crippen LogP contribution < -0.4 is 16.0 Å². The van der Waals surface area contributed by atoms with Crippen LogP contribution in [0.1, 0.15) is 122 Å². The Morgan fingerprint density at radius 3 is 1.23 bits per heavy atom. The molecule has 2 fully saturated rings. The lowest BCUT2D eigenvalue weighted by atomic mass is 9.78. The molecule has 3 unspecified atom stereocenters. The van der Waals surface area contributed by atoms with Crippen LogP contribution in [-0.2, 0) is 39.8 Å². The normalized spacial score (nSPS) is 16.9. The predicted molar refractivity (Wildman–Crippen MR) is 234 cm³/mol. The maximum atomic E-state index is 13.5. The fourth-order valence-electron chi connectivity index (χ4n) is 9.01. The van der Waals surface area contributed by atoms with E-state index in [1.54, 1.807) is 24.3 Å². The minimum absolute atomic E-state index is 0.00221. The van der Waals surface area contributed by atoms with Gasteiger partial charge < -0.3 is 20.9 Å². The van der Waals surface area contributed by atoms with E-state index >= 15 is 0 Å². The zero-order chi connectivity index (χ0) is 52.0. The minimum Gasteiger partial charge on any atom is -0.347 e. The van der Waals surface area contributed by atoms with Crippen molar-refractivity contribution in [1.29, 1.82) is 0 Å². The second kappa shape index (κ2) is 22.5. The lowest BCUT2D eigenvalue weighted by molar-refractivity contribution is -0.144. The van der Waals surface area contributed by atoms with Crippen LogP contribution in [0.5, 0.6) is 0 Å². The Balaban J connectivity index is 0.000000261. The molecule has 2 aliphatic rings. The molecule has 70 heavy (non-hydrogen) atoms. The topological polar surface area (TPSA) is 73.5 Å². The number of hydrogen-bond acceptors (Lipinski definition) is 4. The Bertz CT molecular complexity index is 2300. The van der Waals surface area contributed by atoms with Crippen LogP contribution in [0.15, 0.2) is 84.9 Å². The van der Waals surface area contributed by atoms with Gasteiger partial charge in [0.1, 0.15) is 11.6 Å². The van der Waals surface area contributed by atoms with Gasteiger partial charge in [-0.1, -0.05) is 24.3 Å². The average molecular weight is 1010 g/mol. The van der Waals surface area contributed by atoms with Crippen molar-refractivity contribution in [3.05, 3.63) is 141 Å². The van der Waals surface area contributed by atoms with Crippen LogP contribution in [0.4, 0.5) is 61.5 Å². The number of hydrogen-bond donors (Lipinski definition) is 3. The zero-order valence-electron chi connectivity index (χ0n) is 38.6. The largest absolute Gasteiger partial charge is 0.416 e. The summed E-state index contributed by atoms with van der Waals surface area (Å²) in [5.41, 5.74) is -6.29. The van der Waals surface area contributed by atoms with Gasteiger partial charge in [-0.2, -0.15) is 52.7 Å². The maximum Gasteiger partial charge on any atom is 0.416 e. The number of halogens is 14. The second-order valence-corrected chi connectivity index (χ2v) is 18.4. The van der Waals surface area contributed by atoms with E-state index in [0.717, 1.165) is 63.0 Å². The van der Waals surface area contributed by atoms with E-state index in [1.807, 2.05) is 0 Å². The fourth-order valence-corrected chi connectivity index (χ4v) is 9.01. The first kappa shape index (κ1) is 55.7. The van der Waals surface area contributed by atoms with Gasteiger partial charge in [-0.3, -0.25) is 9.59 Å². The van der Waals surface area contributed by atoms with E-state index in [-0.39, 0.29) is 59.8 Å². The molecule has 20 heteroatoms.